The third-order valence-corrected chi connectivity index (χ3v) is 4.62. The summed E-state index contributed by atoms with van der Waals surface area (Å²) in [7, 11) is 0. The van der Waals surface area contributed by atoms with Crippen LogP contribution < -0.4 is 10.1 Å². The van der Waals surface area contributed by atoms with Crippen LogP contribution in [0.25, 0.3) is 0 Å². The van der Waals surface area contributed by atoms with Crippen LogP contribution in [0.3, 0.4) is 0 Å². The highest BCUT2D eigenvalue weighted by molar-refractivity contribution is 8.01. The molecule has 2 rings (SSSR count). The molecule has 1 aromatic carbocycles. The summed E-state index contributed by atoms with van der Waals surface area (Å²) in [5.41, 5.74) is 1.08. The zero-order chi connectivity index (χ0) is 16.9. The zero-order valence-electron chi connectivity index (χ0n) is 12.0. The average Bonchev–Trinajstić information content (AvgIpc) is 2.89. The Morgan fingerprint density at radius 1 is 1.39 bits per heavy atom. The maximum absolute atomic E-state index is 12.2. The normalized spacial score (nSPS) is 11.3. The van der Waals surface area contributed by atoms with Gasteiger partial charge in [-0.25, -0.2) is 4.98 Å². The van der Waals surface area contributed by atoms with E-state index in [9.17, 15) is 18.0 Å². The number of nitrogens with zero attached hydrogens (tertiary/aromatic N) is 1. The Kier molecular flexibility index (Phi) is 5.89. The van der Waals surface area contributed by atoms with Gasteiger partial charge in [-0.15, -0.1) is 11.3 Å². The molecule has 0 saturated carbocycles. The summed E-state index contributed by atoms with van der Waals surface area (Å²) in [5.74, 6) is -0.250. The van der Waals surface area contributed by atoms with Crippen molar-refractivity contribution in [2.45, 2.75) is 17.4 Å². The molecule has 1 aromatic heterocycles. The molecule has 0 atom stereocenters. The number of thioether (sulfide) groups is 1. The number of carbonyl (C=O) groups excluding carboxylic acids is 1. The van der Waals surface area contributed by atoms with Gasteiger partial charge in [0.2, 0.25) is 5.91 Å². The van der Waals surface area contributed by atoms with E-state index in [1.54, 1.807) is 6.07 Å². The molecule has 124 valence electrons. The van der Waals surface area contributed by atoms with Crippen molar-refractivity contribution in [3.63, 3.8) is 0 Å². The van der Waals surface area contributed by atoms with Crippen molar-refractivity contribution in [2.24, 2.45) is 0 Å². The smallest absolute Gasteiger partial charge is 0.422 e. The lowest BCUT2D eigenvalue weighted by Crippen LogP contribution is -2.20. The van der Waals surface area contributed by atoms with Crippen molar-refractivity contribution in [1.29, 1.82) is 0 Å². The van der Waals surface area contributed by atoms with Crippen LogP contribution in [0.5, 0.6) is 5.75 Å². The number of aromatic nitrogens is 1. The molecule has 4 nitrogen and oxygen atoms in total. The average molecular weight is 362 g/mol. The minimum Gasteiger partial charge on any atom is -0.482 e. The molecule has 1 N–H and O–H groups in total. The fourth-order valence-corrected chi connectivity index (χ4v) is 3.22. The Hall–Kier alpha value is -1.74. The number of nitrogens with one attached hydrogen (secondary N) is 1. The Labute approximate surface area is 139 Å². The number of halogens is 3. The van der Waals surface area contributed by atoms with Crippen LogP contribution in [-0.4, -0.2) is 29.4 Å². The molecule has 0 bridgehead atoms. The van der Waals surface area contributed by atoms with Gasteiger partial charge in [-0.3, -0.25) is 4.79 Å². The molecule has 0 aliphatic carbocycles. The molecule has 0 radical (unpaired) electrons. The summed E-state index contributed by atoms with van der Waals surface area (Å²) in [6.45, 7) is 0.446. The van der Waals surface area contributed by atoms with E-state index < -0.39 is 12.8 Å². The van der Waals surface area contributed by atoms with Crippen LogP contribution in [0.1, 0.15) is 5.69 Å². The van der Waals surface area contributed by atoms with Crippen LogP contribution in [0.2, 0.25) is 0 Å². The topological polar surface area (TPSA) is 51.2 Å². The van der Waals surface area contributed by atoms with Gasteiger partial charge >= 0.3 is 6.18 Å². The predicted molar refractivity (Wildman–Crippen MR) is 84.2 cm³/mol. The molecule has 23 heavy (non-hydrogen) atoms. The number of rotatable bonds is 6. The highest BCUT2D eigenvalue weighted by atomic mass is 32.2. The lowest BCUT2D eigenvalue weighted by molar-refractivity contribution is -0.153. The maximum Gasteiger partial charge on any atom is 0.422 e. The van der Waals surface area contributed by atoms with E-state index in [0.717, 1.165) is 10.0 Å². The van der Waals surface area contributed by atoms with Crippen molar-refractivity contribution in [3.8, 4) is 5.75 Å². The Bertz CT molecular complexity index is 674. The molecule has 9 heteroatoms. The summed E-state index contributed by atoms with van der Waals surface area (Å²) in [6.07, 6.45) is -4.43. The molecular formula is C14H13F3N2O2S2. The van der Waals surface area contributed by atoms with E-state index >= 15 is 0 Å². The van der Waals surface area contributed by atoms with Gasteiger partial charge in [-0.1, -0.05) is 23.9 Å². The van der Waals surface area contributed by atoms with E-state index in [2.05, 4.69) is 10.3 Å². The second-order valence-corrected chi connectivity index (χ2v) is 6.57. The number of amides is 1. The number of hydrogen-bond donors (Lipinski definition) is 1. The summed E-state index contributed by atoms with van der Waals surface area (Å²) in [5, 5.41) is 4.42. The van der Waals surface area contributed by atoms with Crippen molar-refractivity contribution < 1.29 is 22.7 Å². The monoisotopic (exact) mass is 362 g/mol. The van der Waals surface area contributed by atoms with Crippen molar-refractivity contribution in [1.82, 2.24) is 4.98 Å². The fraction of sp³-hybridized carbons (Fsp3) is 0.286. The highest BCUT2D eigenvalue weighted by Gasteiger charge is 2.28. The zero-order valence-corrected chi connectivity index (χ0v) is 13.6. The van der Waals surface area contributed by atoms with E-state index in [-0.39, 0.29) is 23.1 Å². The lowest BCUT2D eigenvalue weighted by atomic mass is 10.3. The third kappa shape index (κ3) is 6.11. The summed E-state index contributed by atoms with van der Waals surface area (Å²) >= 11 is 2.70. The number of carbonyl (C=O) groups is 1. The van der Waals surface area contributed by atoms with Crippen LogP contribution >= 0.6 is 23.1 Å². The first-order chi connectivity index (χ1) is 10.8. The fourth-order valence-electron chi connectivity index (χ4n) is 1.57. The number of alkyl halides is 3. The van der Waals surface area contributed by atoms with Gasteiger partial charge in [0.1, 0.15) is 5.75 Å². The van der Waals surface area contributed by atoms with Crippen LogP contribution in [0, 0.1) is 6.92 Å². The number of ether oxygens (including phenoxy) is 1. The van der Waals surface area contributed by atoms with Gasteiger partial charge in [0.05, 0.1) is 11.4 Å². The number of benzene rings is 1. The van der Waals surface area contributed by atoms with E-state index in [4.69, 9.17) is 4.74 Å². The molecule has 0 aliphatic heterocycles. The van der Waals surface area contributed by atoms with Gasteiger partial charge in [0.15, 0.2) is 10.9 Å². The van der Waals surface area contributed by atoms with Crippen molar-refractivity contribution >= 4 is 34.7 Å². The first-order valence-electron chi connectivity index (χ1n) is 6.47. The van der Waals surface area contributed by atoms with E-state index in [1.165, 1.54) is 41.3 Å². The summed E-state index contributed by atoms with van der Waals surface area (Å²) in [4.78, 5) is 16.1. The van der Waals surface area contributed by atoms with Gasteiger partial charge in [0, 0.05) is 11.1 Å². The third-order valence-electron chi connectivity index (χ3n) is 2.48. The van der Waals surface area contributed by atoms with Crippen LogP contribution in [0.15, 0.2) is 34.0 Å². The molecule has 1 amide bonds. The van der Waals surface area contributed by atoms with Crippen LogP contribution in [-0.2, 0) is 4.79 Å². The highest BCUT2D eigenvalue weighted by Crippen LogP contribution is 2.27. The van der Waals surface area contributed by atoms with Gasteiger partial charge in [0.25, 0.3) is 0 Å². The van der Waals surface area contributed by atoms with Crippen LogP contribution in [0.4, 0.5) is 18.9 Å². The second kappa shape index (κ2) is 7.69. The van der Waals surface area contributed by atoms with Crippen molar-refractivity contribution in [3.05, 3.63) is 35.3 Å². The van der Waals surface area contributed by atoms with E-state index in [0.29, 0.717) is 0 Å². The Balaban J connectivity index is 1.92. The van der Waals surface area contributed by atoms with Gasteiger partial charge in [-0.05, 0) is 19.1 Å². The molecule has 0 aliphatic rings. The quantitative estimate of drug-likeness (QED) is 0.786. The van der Waals surface area contributed by atoms with Gasteiger partial charge < -0.3 is 10.1 Å². The number of hydrogen-bond acceptors (Lipinski definition) is 5. The Morgan fingerprint density at radius 2 is 2.13 bits per heavy atom. The molecule has 2 aromatic rings. The molecule has 0 saturated heterocycles. The van der Waals surface area contributed by atoms with Crippen molar-refractivity contribution in [2.75, 3.05) is 17.7 Å². The van der Waals surface area contributed by atoms with Gasteiger partial charge in [-0.2, -0.15) is 13.2 Å². The number of aryl methyl sites for hydroxylation is 1. The maximum atomic E-state index is 12.2. The first-order valence-corrected chi connectivity index (χ1v) is 8.33. The number of para-hydroxylation sites is 2. The minimum atomic E-state index is -4.43. The second-order valence-electron chi connectivity index (χ2n) is 4.49. The summed E-state index contributed by atoms with van der Waals surface area (Å²) in [6, 6.07) is 6.00. The van der Waals surface area contributed by atoms with E-state index in [1.807, 2.05) is 12.3 Å². The SMILES string of the molecule is Cc1csc(SCC(=O)Nc2ccccc2OCC(F)(F)F)n1. The largest absolute Gasteiger partial charge is 0.482 e. The first kappa shape index (κ1) is 17.6. The minimum absolute atomic E-state index is 0.0201. The standard InChI is InChI=1S/C14H13F3N2O2S2/c1-9-6-22-13(18-9)23-7-12(20)19-10-4-2-3-5-11(10)21-8-14(15,16)17/h2-6H,7-8H2,1H3,(H,19,20). The molecule has 1 heterocycles. The Morgan fingerprint density at radius 3 is 2.78 bits per heavy atom. The predicted octanol–water partition coefficient (Wildman–Crippen LogP) is 4.12. The molecular weight excluding hydrogens is 349 g/mol. The lowest BCUT2D eigenvalue weighted by Gasteiger charge is -2.13. The molecule has 0 spiro atoms. The summed E-state index contributed by atoms with van der Waals surface area (Å²) < 4.78 is 42.1. The molecule has 0 fully saturated rings. The molecule has 0 unspecified atom stereocenters. The number of thiazole rings is 1. The number of anilines is 1.